The Hall–Kier alpha value is -2.60. The molecule has 3 aromatic rings. The van der Waals surface area contributed by atoms with Gasteiger partial charge in [0.2, 0.25) is 0 Å². The zero-order chi connectivity index (χ0) is 19.4. The van der Waals surface area contributed by atoms with E-state index in [1.807, 2.05) is 24.3 Å². The van der Waals surface area contributed by atoms with Gasteiger partial charge >= 0.3 is 5.97 Å². The zero-order valence-corrected chi connectivity index (χ0v) is 16.1. The van der Waals surface area contributed by atoms with Crippen molar-refractivity contribution in [1.82, 2.24) is 5.32 Å². The lowest BCUT2D eigenvalue weighted by Crippen LogP contribution is -2.27. The number of carboxylic acids is 1. The van der Waals surface area contributed by atoms with Crippen LogP contribution in [0.25, 0.3) is 16.5 Å². The van der Waals surface area contributed by atoms with Crippen molar-refractivity contribution in [3.63, 3.8) is 0 Å². The third kappa shape index (κ3) is 4.57. The molecule has 0 aliphatic heterocycles. The van der Waals surface area contributed by atoms with Crippen molar-refractivity contribution in [3.8, 4) is 10.4 Å². The van der Waals surface area contributed by atoms with Crippen LogP contribution in [0.15, 0.2) is 66.4 Å². The van der Waals surface area contributed by atoms with Gasteiger partial charge in [-0.05, 0) is 36.4 Å². The molecular weight excluding hydrogens is 405 g/mol. The molecule has 27 heavy (non-hydrogen) atoms. The van der Waals surface area contributed by atoms with Crippen LogP contribution >= 0.6 is 34.5 Å². The summed E-state index contributed by atoms with van der Waals surface area (Å²) in [4.78, 5) is 25.4. The summed E-state index contributed by atoms with van der Waals surface area (Å²) < 4.78 is 0. The Morgan fingerprint density at radius 1 is 0.926 bits per heavy atom. The monoisotopic (exact) mass is 417 g/mol. The number of thiophene rings is 1. The molecule has 0 fully saturated rings. The molecule has 1 heterocycles. The summed E-state index contributed by atoms with van der Waals surface area (Å²) in [6, 6.07) is 17.5. The second-order valence-corrected chi connectivity index (χ2v) is 7.41. The highest BCUT2D eigenvalue weighted by atomic mass is 35.5. The summed E-state index contributed by atoms with van der Waals surface area (Å²) >= 11 is 13.6. The van der Waals surface area contributed by atoms with Gasteiger partial charge in [0.25, 0.3) is 5.91 Å². The highest BCUT2D eigenvalue weighted by molar-refractivity contribution is 7.16. The summed E-state index contributed by atoms with van der Waals surface area (Å²) in [6.07, 6.45) is 1.40. The van der Waals surface area contributed by atoms with Crippen LogP contribution in [-0.4, -0.2) is 17.0 Å². The first-order valence-corrected chi connectivity index (χ1v) is 9.38. The van der Waals surface area contributed by atoms with Crippen molar-refractivity contribution < 1.29 is 14.7 Å². The molecule has 2 aromatic carbocycles. The van der Waals surface area contributed by atoms with Gasteiger partial charge in [-0.2, -0.15) is 0 Å². The van der Waals surface area contributed by atoms with Crippen LogP contribution < -0.4 is 5.32 Å². The van der Waals surface area contributed by atoms with E-state index in [0.29, 0.717) is 9.90 Å². The lowest BCUT2D eigenvalue weighted by Gasteiger charge is -2.07. The third-order valence-electron chi connectivity index (χ3n) is 3.65. The van der Waals surface area contributed by atoms with E-state index in [1.165, 1.54) is 23.5 Å². The lowest BCUT2D eigenvalue weighted by atomic mass is 10.2. The second-order valence-electron chi connectivity index (χ2n) is 5.48. The number of nitrogens with one attached hydrogen (secondary N) is 1. The largest absolute Gasteiger partial charge is 0.477 e. The lowest BCUT2D eigenvalue weighted by molar-refractivity contribution is -0.132. The van der Waals surface area contributed by atoms with Crippen LogP contribution in [0.1, 0.15) is 15.2 Å². The molecule has 0 spiro atoms. The smallest absolute Gasteiger partial charge is 0.352 e. The van der Waals surface area contributed by atoms with Gasteiger partial charge in [0.1, 0.15) is 5.70 Å². The Bertz CT molecular complexity index is 1040. The number of carboxylic acid groups (broad SMARTS) is 1. The molecule has 0 atom stereocenters. The molecule has 0 aliphatic carbocycles. The Labute approximate surface area is 169 Å². The second kappa shape index (κ2) is 8.39. The number of carbonyl (C=O) groups excluding carboxylic acids is 1. The van der Waals surface area contributed by atoms with E-state index in [1.54, 1.807) is 30.3 Å². The number of hydrogen-bond acceptors (Lipinski definition) is 3. The maximum absolute atomic E-state index is 12.3. The molecule has 0 bridgehead atoms. The van der Waals surface area contributed by atoms with E-state index in [2.05, 4.69) is 5.32 Å². The number of hydrogen-bond donors (Lipinski definition) is 2. The summed E-state index contributed by atoms with van der Waals surface area (Å²) in [5, 5.41) is 12.7. The standard InChI is InChI=1S/C20H13Cl2NO3S/c21-15-7-3-1-5-13(15)18-10-9-12(27-18)11-17(20(25)26)23-19(24)14-6-2-4-8-16(14)22/h1-11H,(H,23,24)(H,25,26). The summed E-state index contributed by atoms with van der Waals surface area (Å²) in [6.45, 7) is 0. The van der Waals surface area contributed by atoms with E-state index < -0.39 is 11.9 Å². The Balaban J connectivity index is 1.87. The van der Waals surface area contributed by atoms with Crippen molar-refractivity contribution in [1.29, 1.82) is 0 Å². The third-order valence-corrected chi connectivity index (χ3v) is 5.37. The molecule has 3 rings (SSSR count). The molecule has 0 unspecified atom stereocenters. The molecule has 0 saturated carbocycles. The number of benzene rings is 2. The molecule has 0 saturated heterocycles. The summed E-state index contributed by atoms with van der Waals surface area (Å²) in [7, 11) is 0. The molecular formula is C20H13Cl2NO3S. The molecule has 2 N–H and O–H groups in total. The van der Waals surface area contributed by atoms with Gasteiger partial charge in [0.05, 0.1) is 10.6 Å². The van der Waals surface area contributed by atoms with Crippen LogP contribution in [0.2, 0.25) is 10.0 Å². The Kier molecular flexibility index (Phi) is 5.96. The van der Waals surface area contributed by atoms with Crippen LogP contribution in [-0.2, 0) is 4.79 Å². The highest BCUT2D eigenvalue weighted by Gasteiger charge is 2.16. The number of amides is 1. The fourth-order valence-corrected chi connectivity index (χ4v) is 3.87. The topological polar surface area (TPSA) is 66.4 Å². The molecule has 136 valence electrons. The van der Waals surface area contributed by atoms with Crippen LogP contribution in [0, 0.1) is 0 Å². The maximum atomic E-state index is 12.3. The number of aliphatic carboxylic acids is 1. The van der Waals surface area contributed by atoms with Gasteiger partial charge < -0.3 is 10.4 Å². The SMILES string of the molecule is O=C(O)C(=Cc1ccc(-c2ccccc2Cl)s1)NC(=O)c1ccccc1Cl. The predicted molar refractivity (Wildman–Crippen MR) is 109 cm³/mol. The predicted octanol–water partition coefficient (Wildman–Crippen LogP) is 5.58. The van der Waals surface area contributed by atoms with Crippen molar-refractivity contribution in [2.45, 2.75) is 0 Å². The molecule has 7 heteroatoms. The maximum Gasteiger partial charge on any atom is 0.352 e. The molecule has 0 radical (unpaired) electrons. The fraction of sp³-hybridized carbons (Fsp3) is 0. The first-order chi connectivity index (χ1) is 13.0. The van der Waals surface area contributed by atoms with Gasteiger partial charge in [-0.3, -0.25) is 4.79 Å². The minimum absolute atomic E-state index is 0.203. The van der Waals surface area contributed by atoms with E-state index in [-0.39, 0.29) is 16.3 Å². The van der Waals surface area contributed by atoms with E-state index >= 15 is 0 Å². The molecule has 1 amide bonds. The van der Waals surface area contributed by atoms with Crippen molar-refractivity contribution in [2.24, 2.45) is 0 Å². The van der Waals surface area contributed by atoms with Gasteiger partial charge in [0, 0.05) is 20.3 Å². The van der Waals surface area contributed by atoms with Crippen LogP contribution in [0.4, 0.5) is 0 Å². The van der Waals surface area contributed by atoms with Gasteiger partial charge in [-0.1, -0.05) is 53.5 Å². The molecule has 0 aliphatic rings. The molecule has 4 nitrogen and oxygen atoms in total. The zero-order valence-electron chi connectivity index (χ0n) is 13.8. The first-order valence-electron chi connectivity index (χ1n) is 7.81. The fourth-order valence-electron chi connectivity index (χ4n) is 2.36. The van der Waals surface area contributed by atoms with Crippen LogP contribution in [0.5, 0.6) is 0 Å². The minimum atomic E-state index is -1.25. The number of halogens is 2. The Morgan fingerprint density at radius 2 is 1.59 bits per heavy atom. The average Bonchev–Trinajstić information content (AvgIpc) is 3.10. The summed E-state index contributed by atoms with van der Waals surface area (Å²) in [5.41, 5.74) is 0.822. The van der Waals surface area contributed by atoms with E-state index in [9.17, 15) is 14.7 Å². The minimum Gasteiger partial charge on any atom is -0.477 e. The number of rotatable bonds is 5. The highest BCUT2D eigenvalue weighted by Crippen LogP contribution is 2.33. The average molecular weight is 418 g/mol. The van der Waals surface area contributed by atoms with E-state index in [0.717, 1.165) is 10.4 Å². The van der Waals surface area contributed by atoms with Crippen molar-refractivity contribution in [3.05, 3.63) is 86.8 Å². The van der Waals surface area contributed by atoms with Gasteiger partial charge in [-0.15, -0.1) is 11.3 Å². The van der Waals surface area contributed by atoms with Crippen molar-refractivity contribution >= 4 is 52.5 Å². The van der Waals surface area contributed by atoms with E-state index in [4.69, 9.17) is 23.2 Å². The Morgan fingerprint density at radius 3 is 2.26 bits per heavy atom. The van der Waals surface area contributed by atoms with Crippen LogP contribution in [0.3, 0.4) is 0 Å². The quantitative estimate of drug-likeness (QED) is 0.532. The van der Waals surface area contributed by atoms with Gasteiger partial charge in [-0.25, -0.2) is 4.79 Å². The first kappa shape index (κ1) is 19.2. The van der Waals surface area contributed by atoms with Crippen molar-refractivity contribution in [2.75, 3.05) is 0 Å². The molecule has 1 aromatic heterocycles. The van der Waals surface area contributed by atoms with Gasteiger partial charge in [0.15, 0.2) is 0 Å². The normalized spacial score (nSPS) is 11.3. The number of carbonyl (C=O) groups is 2. The summed E-state index contributed by atoms with van der Waals surface area (Å²) in [5.74, 6) is -1.83.